The number of anilines is 1. The zero-order valence-electron chi connectivity index (χ0n) is 19.9. The zero-order valence-corrected chi connectivity index (χ0v) is 19.9. The van der Waals surface area contributed by atoms with Crippen molar-refractivity contribution in [2.75, 3.05) is 11.7 Å². The van der Waals surface area contributed by atoms with Gasteiger partial charge in [0.2, 0.25) is 12.7 Å². The van der Waals surface area contributed by atoms with Crippen LogP contribution in [0, 0.1) is 6.92 Å². The maximum Gasteiger partial charge on any atom is 0.294 e. The molecule has 7 nitrogen and oxygen atoms in total. The van der Waals surface area contributed by atoms with Crippen molar-refractivity contribution < 1.29 is 23.5 Å². The lowest BCUT2D eigenvalue weighted by Crippen LogP contribution is -2.30. The molecule has 0 unspecified atom stereocenters. The summed E-state index contributed by atoms with van der Waals surface area (Å²) in [5, 5.41) is 2.94. The number of amides is 2. The third-order valence-electron chi connectivity index (χ3n) is 5.94. The summed E-state index contributed by atoms with van der Waals surface area (Å²) in [4.78, 5) is 27.4. The predicted molar refractivity (Wildman–Crippen MR) is 135 cm³/mol. The monoisotopic (exact) mass is 482 g/mol. The summed E-state index contributed by atoms with van der Waals surface area (Å²) in [6.45, 7) is 3.04. The van der Waals surface area contributed by atoms with Crippen LogP contribution in [0.1, 0.15) is 32.8 Å². The molecule has 1 aliphatic heterocycles. The van der Waals surface area contributed by atoms with Crippen LogP contribution < -0.4 is 19.7 Å². The van der Waals surface area contributed by atoms with E-state index in [-0.39, 0.29) is 30.8 Å². The van der Waals surface area contributed by atoms with Crippen molar-refractivity contribution in [2.45, 2.75) is 26.4 Å². The number of carbonyl (C=O) groups is 2. The summed E-state index contributed by atoms with van der Waals surface area (Å²) in [6.07, 6.45) is 1.72. The van der Waals surface area contributed by atoms with Gasteiger partial charge in [-0.15, -0.1) is 0 Å². The van der Waals surface area contributed by atoms with Crippen LogP contribution in [-0.2, 0) is 24.3 Å². The topological polar surface area (TPSA) is 81.0 Å². The molecule has 4 aromatic rings. The number of nitrogens with one attached hydrogen (secondary N) is 1. The van der Waals surface area contributed by atoms with E-state index in [1.54, 1.807) is 17.0 Å². The van der Waals surface area contributed by atoms with Crippen LogP contribution in [0.5, 0.6) is 11.5 Å². The molecule has 1 aliphatic rings. The van der Waals surface area contributed by atoms with Crippen LogP contribution in [0.25, 0.3) is 0 Å². The molecule has 0 radical (unpaired) electrons. The lowest BCUT2D eigenvalue weighted by molar-refractivity contribution is -0.120. The lowest BCUT2D eigenvalue weighted by atomic mass is 10.1. The van der Waals surface area contributed by atoms with Crippen molar-refractivity contribution in [2.24, 2.45) is 0 Å². The lowest BCUT2D eigenvalue weighted by Gasteiger charge is -2.22. The summed E-state index contributed by atoms with van der Waals surface area (Å²) in [6, 6.07) is 24.5. The minimum atomic E-state index is -0.226. The first-order valence-corrected chi connectivity index (χ1v) is 11.7. The molecule has 7 heteroatoms. The Kier molecular flexibility index (Phi) is 6.71. The van der Waals surface area contributed by atoms with Gasteiger partial charge in [0.15, 0.2) is 17.3 Å². The van der Waals surface area contributed by atoms with Gasteiger partial charge in [0.05, 0.1) is 19.2 Å². The van der Waals surface area contributed by atoms with E-state index >= 15 is 0 Å². The van der Waals surface area contributed by atoms with E-state index in [2.05, 4.69) is 11.4 Å². The second-order valence-electron chi connectivity index (χ2n) is 8.67. The molecule has 36 heavy (non-hydrogen) atoms. The van der Waals surface area contributed by atoms with E-state index in [1.807, 2.05) is 67.6 Å². The average molecular weight is 483 g/mol. The zero-order chi connectivity index (χ0) is 24.9. The number of carbonyl (C=O) groups excluding carboxylic acids is 2. The standard InChI is InChI=1S/C29H26N2O5/c1-20-4-2-5-23(14-20)18-31(29(33)26-6-3-13-34-26)24-10-7-21(8-11-24)16-28(32)30-17-22-9-12-25-27(15-22)36-19-35-25/h2-15H,16-19H2,1H3,(H,30,32). The number of rotatable bonds is 8. The van der Waals surface area contributed by atoms with E-state index in [9.17, 15) is 9.59 Å². The van der Waals surface area contributed by atoms with Gasteiger partial charge in [-0.25, -0.2) is 0 Å². The number of nitrogens with zero attached hydrogens (tertiary/aromatic N) is 1. The number of hydrogen-bond donors (Lipinski definition) is 1. The molecule has 2 amide bonds. The van der Waals surface area contributed by atoms with Gasteiger partial charge in [-0.1, -0.05) is 48.0 Å². The summed E-state index contributed by atoms with van der Waals surface area (Å²) >= 11 is 0. The Morgan fingerprint density at radius 3 is 2.44 bits per heavy atom. The van der Waals surface area contributed by atoms with Crippen LogP contribution in [0.3, 0.4) is 0 Å². The van der Waals surface area contributed by atoms with Gasteiger partial charge in [0.25, 0.3) is 5.91 Å². The molecule has 182 valence electrons. The minimum absolute atomic E-state index is 0.0938. The first-order chi connectivity index (χ1) is 17.5. The van der Waals surface area contributed by atoms with Gasteiger partial charge >= 0.3 is 0 Å². The molecule has 5 rings (SSSR count). The van der Waals surface area contributed by atoms with Gasteiger partial charge in [-0.05, 0) is 60.0 Å². The molecule has 0 aliphatic carbocycles. The molecule has 1 aromatic heterocycles. The largest absolute Gasteiger partial charge is 0.459 e. The molecule has 0 bridgehead atoms. The number of ether oxygens (including phenoxy) is 2. The Labute approximate surface area is 209 Å². The molecule has 3 aromatic carbocycles. The number of benzene rings is 3. The molecule has 0 saturated heterocycles. The van der Waals surface area contributed by atoms with Crippen LogP contribution in [-0.4, -0.2) is 18.6 Å². The smallest absolute Gasteiger partial charge is 0.294 e. The van der Waals surface area contributed by atoms with Crippen LogP contribution in [0.2, 0.25) is 0 Å². The van der Waals surface area contributed by atoms with E-state index in [4.69, 9.17) is 13.9 Å². The SMILES string of the molecule is Cc1cccc(CN(C(=O)c2ccco2)c2ccc(CC(=O)NCc3ccc4c(c3)OCO4)cc2)c1. The Morgan fingerprint density at radius 1 is 0.861 bits per heavy atom. The summed E-state index contributed by atoms with van der Waals surface area (Å²) in [5.41, 5.74) is 4.65. The molecule has 1 N–H and O–H groups in total. The number of furan rings is 1. The highest BCUT2D eigenvalue weighted by Crippen LogP contribution is 2.32. The number of hydrogen-bond acceptors (Lipinski definition) is 5. The third kappa shape index (κ3) is 5.41. The number of aryl methyl sites for hydroxylation is 1. The highest BCUT2D eigenvalue weighted by atomic mass is 16.7. The van der Waals surface area contributed by atoms with E-state index in [0.29, 0.717) is 24.6 Å². The molecule has 0 fully saturated rings. The molecule has 0 atom stereocenters. The summed E-state index contributed by atoms with van der Waals surface area (Å²) < 4.78 is 16.1. The van der Waals surface area contributed by atoms with Crippen molar-refractivity contribution in [3.63, 3.8) is 0 Å². The van der Waals surface area contributed by atoms with Gasteiger partial charge in [0, 0.05) is 12.2 Å². The second-order valence-corrected chi connectivity index (χ2v) is 8.67. The maximum absolute atomic E-state index is 13.2. The second kappa shape index (κ2) is 10.4. The van der Waals surface area contributed by atoms with Gasteiger partial charge in [0.1, 0.15) is 0 Å². The van der Waals surface area contributed by atoms with Gasteiger partial charge in [-0.2, -0.15) is 0 Å². The highest BCUT2D eigenvalue weighted by molar-refractivity contribution is 6.04. The first-order valence-electron chi connectivity index (χ1n) is 11.7. The Hall–Kier alpha value is -4.52. The van der Waals surface area contributed by atoms with Crippen LogP contribution in [0.4, 0.5) is 5.69 Å². The van der Waals surface area contributed by atoms with Gasteiger partial charge < -0.3 is 24.1 Å². The van der Waals surface area contributed by atoms with Crippen molar-refractivity contribution in [3.8, 4) is 11.5 Å². The Bertz CT molecular complexity index is 1360. The van der Waals surface area contributed by atoms with E-state index in [1.165, 1.54) is 6.26 Å². The van der Waals surface area contributed by atoms with Crippen molar-refractivity contribution >= 4 is 17.5 Å². The quantitative estimate of drug-likeness (QED) is 0.381. The molecule has 0 saturated carbocycles. The maximum atomic E-state index is 13.2. The predicted octanol–water partition coefficient (Wildman–Crippen LogP) is 5.02. The third-order valence-corrected chi connectivity index (χ3v) is 5.94. The first kappa shape index (κ1) is 23.2. The van der Waals surface area contributed by atoms with E-state index < -0.39 is 0 Å². The van der Waals surface area contributed by atoms with Crippen LogP contribution in [0.15, 0.2) is 89.5 Å². The van der Waals surface area contributed by atoms with Crippen molar-refractivity contribution in [1.29, 1.82) is 0 Å². The fourth-order valence-electron chi connectivity index (χ4n) is 4.10. The van der Waals surface area contributed by atoms with Crippen LogP contribution >= 0.6 is 0 Å². The van der Waals surface area contributed by atoms with E-state index in [0.717, 1.165) is 27.9 Å². The fraction of sp³-hybridized carbons (Fsp3) is 0.172. The molecular weight excluding hydrogens is 456 g/mol. The average Bonchev–Trinajstić information content (AvgIpc) is 3.58. The highest BCUT2D eigenvalue weighted by Gasteiger charge is 2.21. The fourth-order valence-corrected chi connectivity index (χ4v) is 4.10. The van der Waals surface area contributed by atoms with Crippen molar-refractivity contribution in [3.05, 3.63) is 113 Å². The molecule has 2 heterocycles. The van der Waals surface area contributed by atoms with Gasteiger partial charge in [-0.3, -0.25) is 9.59 Å². The normalized spacial score (nSPS) is 11.8. The minimum Gasteiger partial charge on any atom is -0.459 e. The summed E-state index contributed by atoms with van der Waals surface area (Å²) in [7, 11) is 0. The Morgan fingerprint density at radius 2 is 1.67 bits per heavy atom. The molecular formula is C29H26N2O5. The Balaban J connectivity index is 1.25. The summed E-state index contributed by atoms with van der Waals surface area (Å²) in [5.74, 6) is 1.36. The number of fused-ring (bicyclic) bond motifs is 1. The van der Waals surface area contributed by atoms with Crippen molar-refractivity contribution in [1.82, 2.24) is 5.32 Å². The molecule has 0 spiro atoms.